The Morgan fingerprint density at radius 1 is 1.14 bits per heavy atom. The van der Waals surface area contributed by atoms with E-state index in [1.807, 2.05) is 0 Å². The molecule has 8 heteroatoms. The number of phenols is 1. The lowest BCUT2D eigenvalue weighted by Crippen LogP contribution is -2.41. The number of nitrogens with zero attached hydrogens (tertiary/aromatic N) is 3. The summed E-state index contributed by atoms with van der Waals surface area (Å²) in [7, 11) is 0. The molecule has 0 unspecified atom stereocenters. The summed E-state index contributed by atoms with van der Waals surface area (Å²) in [6.45, 7) is 0. The van der Waals surface area contributed by atoms with Crippen molar-refractivity contribution in [3.63, 3.8) is 0 Å². The van der Waals surface area contributed by atoms with Crippen molar-refractivity contribution in [2.24, 2.45) is 5.41 Å². The number of carboxylic acids is 2. The lowest BCUT2D eigenvalue weighted by Gasteiger charge is -2.22. The second-order valence-corrected chi connectivity index (χ2v) is 4.90. The predicted octanol–water partition coefficient (Wildman–Crippen LogP) is 0.698. The quantitative estimate of drug-likeness (QED) is 0.712. The van der Waals surface area contributed by atoms with E-state index in [0.29, 0.717) is 11.4 Å². The minimum atomic E-state index is -2.05. The van der Waals surface area contributed by atoms with Crippen LogP contribution in [-0.4, -0.2) is 42.3 Å². The van der Waals surface area contributed by atoms with E-state index in [4.69, 9.17) is 0 Å². The summed E-state index contributed by atoms with van der Waals surface area (Å²) >= 11 is 0. The van der Waals surface area contributed by atoms with Crippen LogP contribution in [0.4, 0.5) is 0 Å². The smallest absolute Gasteiger partial charge is 0.325 e. The topological polar surface area (TPSA) is 126 Å². The molecule has 112 valence electrons. The van der Waals surface area contributed by atoms with E-state index in [2.05, 4.69) is 10.2 Å². The Labute approximate surface area is 123 Å². The summed E-state index contributed by atoms with van der Waals surface area (Å²) in [6.07, 6.45) is 2.12. The molecule has 0 radical (unpaired) electrons. The first-order chi connectivity index (χ1) is 10.4. The van der Waals surface area contributed by atoms with E-state index in [-0.39, 0.29) is 17.9 Å². The highest BCUT2D eigenvalue weighted by molar-refractivity contribution is 6.02. The van der Waals surface area contributed by atoms with Gasteiger partial charge in [0.1, 0.15) is 17.1 Å². The minimum Gasteiger partial charge on any atom is -0.506 e. The molecule has 22 heavy (non-hydrogen) atoms. The molecule has 1 aromatic carbocycles. The van der Waals surface area contributed by atoms with Gasteiger partial charge < -0.3 is 15.3 Å². The lowest BCUT2D eigenvalue weighted by atomic mass is 9.79. The first-order valence-corrected chi connectivity index (χ1v) is 6.35. The Balaban J connectivity index is 2.06. The van der Waals surface area contributed by atoms with Gasteiger partial charge in [0.15, 0.2) is 5.41 Å². The maximum atomic E-state index is 11.3. The van der Waals surface area contributed by atoms with Gasteiger partial charge in [-0.05, 0) is 18.2 Å². The number of aromatic hydroxyl groups is 1. The van der Waals surface area contributed by atoms with E-state index in [9.17, 15) is 24.9 Å². The van der Waals surface area contributed by atoms with E-state index < -0.39 is 17.4 Å². The Kier molecular flexibility index (Phi) is 2.94. The van der Waals surface area contributed by atoms with Crippen LogP contribution in [0, 0.1) is 5.41 Å². The van der Waals surface area contributed by atoms with Crippen LogP contribution in [0.1, 0.15) is 11.4 Å². The molecule has 0 atom stereocenters. The Hall–Kier alpha value is -3.16. The highest BCUT2D eigenvalue weighted by Gasteiger charge is 2.47. The van der Waals surface area contributed by atoms with Crippen molar-refractivity contribution in [2.75, 3.05) is 0 Å². The average Bonchev–Trinajstić information content (AvgIpc) is 2.89. The molecule has 2 aromatic rings. The van der Waals surface area contributed by atoms with Crippen molar-refractivity contribution in [2.45, 2.75) is 6.42 Å². The van der Waals surface area contributed by atoms with Crippen LogP contribution in [0.15, 0.2) is 30.3 Å². The third-order valence-electron chi connectivity index (χ3n) is 3.55. The van der Waals surface area contributed by atoms with Crippen molar-refractivity contribution < 1.29 is 24.9 Å². The van der Waals surface area contributed by atoms with Gasteiger partial charge in [0.2, 0.25) is 0 Å². The monoisotopic (exact) mass is 301 g/mol. The molecule has 8 nitrogen and oxygen atoms in total. The van der Waals surface area contributed by atoms with Gasteiger partial charge in [0.25, 0.3) is 0 Å². The van der Waals surface area contributed by atoms with Crippen molar-refractivity contribution in [3.8, 4) is 11.4 Å². The molecule has 1 aliphatic rings. The van der Waals surface area contributed by atoms with Gasteiger partial charge in [-0.2, -0.15) is 5.10 Å². The van der Waals surface area contributed by atoms with Gasteiger partial charge in [0.05, 0.1) is 5.69 Å². The van der Waals surface area contributed by atoms with Gasteiger partial charge in [0, 0.05) is 6.42 Å². The largest absolute Gasteiger partial charge is 0.506 e. The van der Waals surface area contributed by atoms with Gasteiger partial charge in [-0.3, -0.25) is 9.59 Å². The molecular weight excluding hydrogens is 290 g/mol. The Bertz CT molecular complexity index is 795. The van der Waals surface area contributed by atoms with Crippen LogP contribution >= 0.6 is 0 Å². The molecule has 3 rings (SSSR count). The van der Waals surface area contributed by atoms with E-state index in [1.54, 1.807) is 18.2 Å². The number of fused-ring (bicyclic) bond motifs is 1. The highest BCUT2D eigenvalue weighted by Crippen LogP contribution is 2.32. The normalized spacial score (nSPS) is 15.3. The molecule has 3 N–H and O–H groups in total. The van der Waals surface area contributed by atoms with E-state index in [0.717, 1.165) is 10.9 Å². The SMILES string of the molecule is O=C(O)C1(C(=O)O)C=Cc2nn(-c3ccccc3O)nc2C1. The molecule has 0 saturated heterocycles. The highest BCUT2D eigenvalue weighted by atomic mass is 16.4. The van der Waals surface area contributed by atoms with Gasteiger partial charge in [-0.1, -0.05) is 18.2 Å². The summed E-state index contributed by atoms with van der Waals surface area (Å²) in [5.74, 6) is -2.96. The predicted molar refractivity (Wildman–Crippen MR) is 73.5 cm³/mol. The zero-order chi connectivity index (χ0) is 15.9. The average molecular weight is 301 g/mol. The first-order valence-electron chi connectivity index (χ1n) is 6.35. The number of benzene rings is 1. The maximum absolute atomic E-state index is 11.3. The standard InChI is InChI=1S/C14H11N3O5/c18-11-4-2-1-3-10(11)17-15-8-5-6-14(12(19)20,13(21)22)7-9(8)16-17/h1-6,18H,7H2,(H,19,20)(H,21,22). The summed E-state index contributed by atoms with van der Waals surface area (Å²) in [5, 5.41) is 36.5. The number of phenolic OH excluding ortho intramolecular Hbond substituents is 1. The van der Waals surface area contributed by atoms with Crippen LogP contribution in [0.2, 0.25) is 0 Å². The maximum Gasteiger partial charge on any atom is 0.325 e. The zero-order valence-corrected chi connectivity index (χ0v) is 11.2. The van der Waals surface area contributed by atoms with E-state index >= 15 is 0 Å². The van der Waals surface area contributed by atoms with Gasteiger partial charge >= 0.3 is 11.9 Å². The van der Waals surface area contributed by atoms with Crippen molar-refractivity contribution in [1.29, 1.82) is 0 Å². The molecular formula is C14H11N3O5. The number of aliphatic carboxylic acids is 2. The van der Waals surface area contributed by atoms with Crippen LogP contribution in [0.5, 0.6) is 5.75 Å². The molecule has 0 spiro atoms. The van der Waals surface area contributed by atoms with Crippen LogP contribution in [-0.2, 0) is 16.0 Å². The lowest BCUT2D eigenvalue weighted by molar-refractivity contribution is -0.160. The number of hydrogen-bond donors (Lipinski definition) is 3. The number of carboxylic acid groups (broad SMARTS) is 2. The molecule has 0 aliphatic heterocycles. The third kappa shape index (κ3) is 1.93. The Morgan fingerprint density at radius 3 is 2.45 bits per heavy atom. The molecule has 1 heterocycles. The molecule has 0 saturated carbocycles. The molecule has 0 bridgehead atoms. The summed E-state index contributed by atoms with van der Waals surface area (Å²) < 4.78 is 0. The summed E-state index contributed by atoms with van der Waals surface area (Å²) in [6, 6.07) is 6.38. The van der Waals surface area contributed by atoms with Crippen LogP contribution in [0.3, 0.4) is 0 Å². The molecule has 0 amide bonds. The first kappa shape index (κ1) is 13.8. The van der Waals surface area contributed by atoms with Crippen molar-refractivity contribution >= 4 is 18.0 Å². The Morgan fingerprint density at radius 2 is 1.82 bits per heavy atom. The molecule has 1 aromatic heterocycles. The van der Waals surface area contributed by atoms with Crippen LogP contribution in [0.25, 0.3) is 11.8 Å². The van der Waals surface area contributed by atoms with Gasteiger partial charge in [-0.25, -0.2) is 0 Å². The zero-order valence-electron chi connectivity index (χ0n) is 11.2. The number of rotatable bonds is 3. The number of hydrogen-bond acceptors (Lipinski definition) is 5. The summed E-state index contributed by atoms with van der Waals surface area (Å²) in [5.41, 5.74) is -1.11. The molecule has 0 fully saturated rings. The minimum absolute atomic E-state index is 0.0402. The van der Waals surface area contributed by atoms with Crippen molar-refractivity contribution in [1.82, 2.24) is 15.0 Å². The second-order valence-electron chi connectivity index (χ2n) is 4.90. The fourth-order valence-corrected chi connectivity index (χ4v) is 2.27. The van der Waals surface area contributed by atoms with Crippen LogP contribution < -0.4 is 0 Å². The van der Waals surface area contributed by atoms with Crippen molar-refractivity contribution in [3.05, 3.63) is 41.7 Å². The fourth-order valence-electron chi connectivity index (χ4n) is 2.27. The number of aromatic nitrogens is 3. The second kappa shape index (κ2) is 4.69. The molecule has 1 aliphatic carbocycles. The number of para-hydroxylation sites is 2. The third-order valence-corrected chi connectivity index (χ3v) is 3.55. The van der Waals surface area contributed by atoms with E-state index in [1.165, 1.54) is 12.1 Å². The fraction of sp³-hybridized carbons (Fsp3) is 0.143. The summed E-state index contributed by atoms with van der Waals surface area (Å²) in [4.78, 5) is 23.8. The number of carbonyl (C=O) groups is 2. The van der Waals surface area contributed by atoms with Gasteiger partial charge in [-0.15, -0.1) is 9.90 Å².